The molecule has 1 aromatic rings. The highest BCUT2D eigenvalue weighted by Gasteiger charge is 2.38. The Hall–Kier alpha value is -1.88. The van der Waals surface area contributed by atoms with Crippen LogP contribution in [0.4, 0.5) is 0 Å². The zero-order chi connectivity index (χ0) is 17.8. The smallest absolute Gasteiger partial charge is 0.326 e. The third-order valence-electron chi connectivity index (χ3n) is 5.74. The van der Waals surface area contributed by atoms with Crippen LogP contribution in [0.1, 0.15) is 38.2 Å². The Balaban J connectivity index is 1.52. The first-order valence-corrected chi connectivity index (χ1v) is 9.37. The lowest BCUT2D eigenvalue weighted by Gasteiger charge is -2.37. The summed E-state index contributed by atoms with van der Waals surface area (Å²) < 4.78 is 0. The van der Waals surface area contributed by atoms with Gasteiger partial charge in [-0.15, -0.1) is 0 Å². The second kappa shape index (κ2) is 8.00. The number of piperidine rings is 1. The number of nitrogens with zero attached hydrogens (tertiary/aromatic N) is 2. The maximum absolute atomic E-state index is 12.8. The molecule has 1 N–H and O–H groups in total. The number of amides is 1. The predicted octanol–water partition coefficient (Wildman–Crippen LogP) is 2.41. The molecule has 0 spiro atoms. The lowest BCUT2D eigenvalue weighted by Crippen LogP contribution is -2.52. The highest BCUT2D eigenvalue weighted by atomic mass is 16.4. The van der Waals surface area contributed by atoms with E-state index >= 15 is 0 Å². The molecular weight excluding hydrogens is 316 g/mol. The maximum atomic E-state index is 12.8. The Morgan fingerprint density at radius 1 is 1.12 bits per heavy atom. The van der Waals surface area contributed by atoms with Crippen LogP contribution in [0.3, 0.4) is 0 Å². The highest BCUT2D eigenvalue weighted by molar-refractivity contribution is 5.87. The summed E-state index contributed by atoms with van der Waals surface area (Å²) in [5, 5.41) is 9.29. The molecule has 2 aliphatic rings. The van der Waals surface area contributed by atoms with Crippen molar-refractivity contribution in [1.82, 2.24) is 9.80 Å². The van der Waals surface area contributed by atoms with Crippen molar-refractivity contribution < 1.29 is 14.7 Å². The molecule has 25 heavy (non-hydrogen) atoms. The lowest BCUT2D eigenvalue weighted by atomic mass is 9.89. The summed E-state index contributed by atoms with van der Waals surface area (Å²) in [5.41, 5.74) is 1.38. The molecule has 2 saturated heterocycles. The van der Waals surface area contributed by atoms with E-state index in [9.17, 15) is 14.7 Å². The molecule has 0 bridgehead atoms. The SMILES string of the molecule is C[C@H](C(=O)N1CCC[C@@H]1C(=O)O)N1CCC(Cc2ccccc2)CC1. The molecule has 2 heterocycles. The summed E-state index contributed by atoms with van der Waals surface area (Å²) in [4.78, 5) is 27.9. The molecule has 0 aromatic heterocycles. The fraction of sp³-hybridized carbons (Fsp3) is 0.600. The Kier molecular flexibility index (Phi) is 5.74. The zero-order valence-electron chi connectivity index (χ0n) is 14.9. The van der Waals surface area contributed by atoms with Gasteiger partial charge in [-0.2, -0.15) is 0 Å². The average molecular weight is 344 g/mol. The number of benzene rings is 1. The molecule has 0 unspecified atom stereocenters. The van der Waals surface area contributed by atoms with Crippen molar-refractivity contribution in [1.29, 1.82) is 0 Å². The fourth-order valence-corrected chi connectivity index (χ4v) is 4.18. The van der Waals surface area contributed by atoms with Crippen LogP contribution in [0, 0.1) is 5.92 Å². The number of hydrogen-bond acceptors (Lipinski definition) is 3. The first-order chi connectivity index (χ1) is 12.1. The zero-order valence-corrected chi connectivity index (χ0v) is 14.9. The minimum absolute atomic E-state index is 0.0218. The van der Waals surface area contributed by atoms with Gasteiger partial charge < -0.3 is 10.0 Å². The summed E-state index contributed by atoms with van der Waals surface area (Å²) in [7, 11) is 0. The number of aliphatic carboxylic acids is 1. The van der Waals surface area contributed by atoms with E-state index in [4.69, 9.17) is 0 Å². The van der Waals surface area contributed by atoms with Crippen molar-refractivity contribution in [2.24, 2.45) is 5.92 Å². The first-order valence-electron chi connectivity index (χ1n) is 9.37. The van der Waals surface area contributed by atoms with Gasteiger partial charge in [-0.3, -0.25) is 9.69 Å². The van der Waals surface area contributed by atoms with Crippen molar-refractivity contribution in [3.05, 3.63) is 35.9 Å². The van der Waals surface area contributed by atoms with Gasteiger partial charge in [0.05, 0.1) is 6.04 Å². The van der Waals surface area contributed by atoms with Gasteiger partial charge in [-0.25, -0.2) is 4.79 Å². The molecule has 2 fully saturated rings. The van der Waals surface area contributed by atoms with Gasteiger partial charge in [0.25, 0.3) is 0 Å². The summed E-state index contributed by atoms with van der Waals surface area (Å²) in [5.74, 6) is -0.231. The number of carboxylic acids is 1. The van der Waals surface area contributed by atoms with Crippen molar-refractivity contribution in [3.8, 4) is 0 Å². The molecule has 1 amide bonds. The van der Waals surface area contributed by atoms with Crippen LogP contribution in [0.2, 0.25) is 0 Å². The Morgan fingerprint density at radius 2 is 1.80 bits per heavy atom. The van der Waals surface area contributed by atoms with Crippen LogP contribution in [0.25, 0.3) is 0 Å². The number of likely N-dealkylation sites (tertiary alicyclic amines) is 2. The highest BCUT2D eigenvalue weighted by Crippen LogP contribution is 2.25. The number of hydrogen-bond donors (Lipinski definition) is 1. The monoisotopic (exact) mass is 344 g/mol. The van der Waals surface area contributed by atoms with Crippen LogP contribution in [0.5, 0.6) is 0 Å². The summed E-state index contributed by atoms with van der Waals surface area (Å²) >= 11 is 0. The van der Waals surface area contributed by atoms with Gasteiger partial charge in [0.1, 0.15) is 6.04 Å². The molecule has 5 nitrogen and oxygen atoms in total. The van der Waals surface area contributed by atoms with E-state index in [0.717, 1.165) is 38.8 Å². The third-order valence-corrected chi connectivity index (χ3v) is 5.74. The van der Waals surface area contributed by atoms with Crippen molar-refractivity contribution in [2.45, 2.75) is 51.1 Å². The molecule has 0 saturated carbocycles. The Bertz CT molecular complexity index is 596. The van der Waals surface area contributed by atoms with Crippen molar-refractivity contribution in [2.75, 3.05) is 19.6 Å². The topological polar surface area (TPSA) is 60.9 Å². The van der Waals surface area contributed by atoms with Crippen molar-refractivity contribution in [3.63, 3.8) is 0 Å². The van der Waals surface area contributed by atoms with Crippen LogP contribution in [-0.2, 0) is 16.0 Å². The van der Waals surface area contributed by atoms with E-state index in [1.165, 1.54) is 5.56 Å². The minimum Gasteiger partial charge on any atom is -0.480 e. The van der Waals surface area contributed by atoms with Crippen LogP contribution in [0.15, 0.2) is 30.3 Å². The normalized spacial score (nSPS) is 23.6. The Morgan fingerprint density at radius 3 is 2.44 bits per heavy atom. The molecule has 0 radical (unpaired) electrons. The van der Waals surface area contributed by atoms with E-state index in [2.05, 4.69) is 29.2 Å². The van der Waals surface area contributed by atoms with E-state index in [0.29, 0.717) is 18.9 Å². The number of carbonyl (C=O) groups is 2. The van der Waals surface area contributed by atoms with Gasteiger partial charge in [0, 0.05) is 6.54 Å². The second-order valence-corrected chi connectivity index (χ2v) is 7.37. The van der Waals surface area contributed by atoms with Gasteiger partial charge in [-0.1, -0.05) is 30.3 Å². The third kappa shape index (κ3) is 4.21. The molecule has 3 rings (SSSR count). The van der Waals surface area contributed by atoms with Crippen LogP contribution < -0.4 is 0 Å². The van der Waals surface area contributed by atoms with Gasteiger partial charge in [-0.05, 0) is 63.6 Å². The second-order valence-electron chi connectivity index (χ2n) is 7.37. The summed E-state index contributed by atoms with van der Waals surface area (Å²) in [6, 6.07) is 9.71. The predicted molar refractivity (Wildman–Crippen MR) is 96.3 cm³/mol. The van der Waals surface area contributed by atoms with Crippen LogP contribution >= 0.6 is 0 Å². The van der Waals surface area contributed by atoms with E-state index in [-0.39, 0.29) is 11.9 Å². The molecule has 1 aromatic carbocycles. The quantitative estimate of drug-likeness (QED) is 0.891. The maximum Gasteiger partial charge on any atom is 0.326 e. The largest absolute Gasteiger partial charge is 0.480 e. The summed E-state index contributed by atoms with van der Waals surface area (Å²) in [6.07, 6.45) is 4.65. The van der Waals surface area contributed by atoms with Crippen molar-refractivity contribution >= 4 is 11.9 Å². The summed E-state index contributed by atoms with van der Waals surface area (Å²) in [6.45, 7) is 4.33. The molecular formula is C20H28N2O3. The molecule has 136 valence electrons. The fourth-order valence-electron chi connectivity index (χ4n) is 4.18. The number of rotatable bonds is 5. The van der Waals surface area contributed by atoms with Gasteiger partial charge in [0.2, 0.25) is 5.91 Å². The van der Waals surface area contributed by atoms with Gasteiger partial charge >= 0.3 is 5.97 Å². The number of carbonyl (C=O) groups excluding carboxylic acids is 1. The van der Waals surface area contributed by atoms with E-state index in [1.54, 1.807) is 4.90 Å². The molecule has 2 atom stereocenters. The lowest BCUT2D eigenvalue weighted by molar-refractivity contribution is -0.150. The number of carboxylic acid groups (broad SMARTS) is 1. The van der Waals surface area contributed by atoms with Crippen LogP contribution in [-0.4, -0.2) is 58.5 Å². The standard InChI is InChI=1S/C20H28N2O3/c1-15(19(23)22-11-5-8-18(22)20(24)25)21-12-9-17(10-13-21)14-16-6-3-2-4-7-16/h2-4,6-7,15,17-18H,5,8-14H2,1H3,(H,24,25)/t15-,18-/m1/s1. The minimum atomic E-state index is -0.875. The molecule has 5 heteroatoms. The average Bonchev–Trinajstić information content (AvgIpc) is 3.12. The first kappa shape index (κ1) is 17.9. The van der Waals surface area contributed by atoms with E-state index in [1.807, 2.05) is 13.0 Å². The Labute approximate surface area is 149 Å². The van der Waals surface area contributed by atoms with E-state index < -0.39 is 12.0 Å². The molecule has 0 aliphatic carbocycles. The molecule has 2 aliphatic heterocycles. The van der Waals surface area contributed by atoms with Gasteiger partial charge in [0.15, 0.2) is 0 Å².